The molecule has 0 fully saturated rings. The van der Waals surface area contributed by atoms with Crippen molar-refractivity contribution in [1.29, 1.82) is 0 Å². The van der Waals surface area contributed by atoms with Crippen LogP contribution in [0.25, 0.3) is 33.9 Å². The van der Waals surface area contributed by atoms with Gasteiger partial charge in [-0.1, -0.05) is 60.7 Å². The number of aromatic amines is 1. The second kappa shape index (κ2) is 20.5. The maximum atomic E-state index is 16.0. The molecule has 0 spiro atoms. The lowest BCUT2D eigenvalue weighted by atomic mass is 9.97. The van der Waals surface area contributed by atoms with Gasteiger partial charge in [0.15, 0.2) is 5.82 Å². The van der Waals surface area contributed by atoms with E-state index in [4.69, 9.17) is 24.0 Å². The molecule has 0 aliphatic rings. The highest BCUT2D eigenvalue weighted by Crippen LogP contribution is 2.42. The van der Waals surface area contributed by atoms with Gasteiger partial charge in [0, 0.05) is 31.7 Å². The second-order valence-electron chi connectivity index (χ2n) is 16.0. The highest BCUT2D eigenvalue weighted by Gasteiger charge is 2.38. The molecule has 0 aliphatic heterocycles. The van der Waals surface area contributed by atoms with Crippen LogP contribution in [-0.4, -0.2) is 103 Å². The molecule has 0 saturated heterocycles. The van der Waals surface area contributed by atoms with Crippen LogP contribution >= 0.6 is 0 Å². The Morgan fingerprint density at radius 2 is 1.33 bits per heavy atom. The number of amides is 1. The summed E-state index contributed by atoms with van der Waals surface area (Å²) in [6.07, 6.45) is 0.602. The molecule has 0 saturated carbocycles. The van der Waals surface area contributed by atoms with E-state index in [1.54, 1.807) is 113 Å². The average molecular weight is 951 g/mol. The van der Waals surface area contributed by atoms with Gasteiger partial charge >= 0.3 is 6.09 Å². The number of carbonyl (C=O) groups excluding carboxylic acids is 1. The number of sulfonamides is 2. The molecule has 67 heavy (non-hydrogen) atoms. The van der Waals surface area contributed by atoms with Gasteiger partial charge in [-0.05, 0) is 102 Å². The fourth-order valence-electron chi connectivity index (χ4n) is 6.94. The number of aromatic nitrogens is 7. The van der Waals surface area contributed by atoms with Crippen LogP contribution in [0.4, 0.5) is 4.79 Å². The Labute approximate surface area is 388 Å². The minimum absolute atomic E-state index is 0.126. The zero-order valence-corrected chi connectivity index (χ0v) is 39.3. The summed E-state index contributed by atoms with van der Waals surface area (Å²) in [5.74, 6) is 2.02. The normalized spacial score (nSPS) is 11.9. The monoisotopic (exact) mass is 950 g/mol. The molecule has 0 bridgehead atoms. The molecule has 2 heterocycles. The predicted octanol–water partition coefficient (Wildman–Crippen LogP) is 6.06. The van der Waals surface area contributed by atoms with Crippen molar-refractivity contribution in [2.75, 3.05) is 34.4 Å². The number of ether oxygens (including phenoxy) is 4. The molecule has 0 aliphatic carbocycles. The van der Waals surface area contributed by atoms with E-state index in [1.165, 1.54) is 41.8 Å². The van der Waals surface area contributed by atoms with E-state index in [1.807, 2.05) is 12.1 Å². The third-order valence-electron chi connectivity index (χ3n) is 10.2. The van der Waals surface area contributed by atoms with Crippen molar-refractivity contribution in [3.8, 4) is 51.2 Å². The maximum absolute atomic E-state index is 16.0. The summed E-state index contributed by atoms with van der Waals surface area (Å²) in [4.78, 5) is 16.8. The SMILES string of the molecule is COc1ccc(CN(Cc2ccc(OC)cc2)S(=O)(=O)c2c(S(=O)(=O)NCCNC(=O)OC(C)(C)C)ccc(-c3cccc(-c4ncn[nH]4)c3)c2-c2nnn(Cc3ccc(OC)cc3)n2)cc1. The van der Waals surface area contributed by atoms with Gasteiger partial charge in [-0.2, -0.15) is 14.2 Å². The quantitative estimate of drug-likeness (QED) is 0.0782. The summed E-state index contributed by atoms with van der Waals surface area (Å²) < 4.78 is 86.5. The van der Waals surface area contributed by atoms with Gasteiger partial charge < -0.3 is 24.3 Å². The number of alkyl carbamates (subject to hydrolysis) is 1. The van der Waals surface area contributed by atoms with Crippen LogP contribution in [0.1, 0.15) is 37.5 Å². The minimum atomic E-state index is -4.92. The number of H-pyrrole nitrogens is 1. The lowest BCUT2D eigenvalue weighted by molar-refractivity contribution is 0.0528. The van der Waals surface area contributed by atoms with Crippen molar-refractivity contribution >= 4 is 26.1 Å². The van der Waals surface area contributed by atoms with Gasteiger partial charge in [0.05, 0.1) is 33.4 Å². The number of rotatable bonds is 19. The van der Waals surface area contributed by atoms with E-state index >= 15 is 8.42 Å². The largest absolute Gasteiger partial charge is 0.497 e. The van der Waals surface area contributed by atoms with Crippen molar-refractivity contribution < 1.29 is 40.6 Å². The third-order valence-corrected chi connectivity index (χ3v) is 13.7. The van der Waals surface area contributed by atoms with Gasteiger partial charge in [-0.15, -0.1) is 10.2 Å². The number of nitrogens with zero attached hydrogens (tertiary/aromatic N) is 7. The van der Waals surface area contributed by atoms with Crippen molar-refractivity contribution in [3.05, 3.63) is 132 Å². The van der Waals surface area contributed by atoms with Crippen molar-refractivity contribution in [3.63, 3.8) is 0 Å². The molecule has 1 amide bonds. The predicted molar refractivity (Wildman–Crippen MR) is 248 cm³/mol. The van der Waals surface area contributed by atoms with Gasteiger partial charge in [0.25, 0.3) is 0 Å². The van der Waals surface area contributed by atoms with Crippen molar-refractivity contribution in [2.24, 2.45) is 0 Å². The van der Waals surface area contributed by atoms with Crippen molar-refractivity contribution in [2.45, 2.75) is 55.8 Å². The Bertz CT molecular complexity index is 2960. The summed E-state index contributed by atoms with van der Waals surface area (Å²) in [5.41, 5.74) is 2.35. The van der Waals surface area contributed by atoms with E-state index in [-0.39, 0.29) is 49.7 Å². The summed E-state index contributed by atoms with van der Waals surface area (Å²) in [6.45, 7) is 4.31. The van der Waals surface area contributed by atoms with Gasteiger partial charge in [0.2, 0.25) is 25.9 Å². The molecule has 350 valence electrons. The summed E-state index contributed by atoms with van der Waals surface area (Å²) in [5, 5.41) is 22.8. The smallest absolute Gasteiger partial charge is 0.407 e. The van der Waals surface area contributed by atoms with E-state index in [0.717, 1.165) is 5.56 Å². The number of carbonyl (C=O) groups is 1. The fraction of sp³-hybridized carbons (Fsp3) is 0.261. The first-order chi connectivity index (χ1) is 32.1. The molecule has 7 rings (SSSR count). The maximum Gasteiger partial charge on any atom is 0.407 e. The van der Waals surface area contributed by atoms with Crippen LogP contribution in [0.5, 0.6) is 17.2 Å². The topological polar surface area (TPSA) is 235 Å². The molecule has 2 aromatic heterocycles. The number of benzene rings is 5. The van der Waals surface area contributed by atoms with Crippen molar-refractivity contribution in [1.82, 2.24) is 49.7 Å². The van der Waals surface area contributed by atoms with Crippen LogP contribution in [0.3, 0.4) is 0 Å². The molecular formula is C46H50N10O9S2. The number of methoxy groups -OCH3 is 3. The molecule has 5 aromatic carbocycles. The van der Waals surface area contributed by atoms with Crippen LogP contribution in [-0.2, 0) is 44.4 Å². The number of nitrogens with one attached hydrogen (secondary N) is 3. The molecule has 21 heteroatoms. The Morgan fingerprint density at radius 1 is 0.746 bits per heavy atom. The van der Waals surface area contributed by atoms with Crippen LogP contribution in [0.2, 0.25) is 0 Å². The molecular weight excluding hydrogens is 901 g/mol. The molecule has 7 aromatic rings. The van der Waals surface area contributed by atoms with E-state index in [0.29, 0.717) is 45.3 Å². The second-order valence-corrected chi connectivity index (χ2v) is 19.6. The van der Waals surface area contributed by atoms with E-state index in [2.05, 4.69) is 35.5 Å². The summed E-state index contributed by atoms with van der Waals surface area (Å²) in [6, 6.07) is 30.7. The Kier molecular flexibility index (Phi) is 14.6. The van der Waals surface area contributed by atoms with Crippen LogP contribution in [0, 0.1) is 0 Å². The molecule has 3 N–H and O–H groups in total. The van der Waals surface area contributed by atoms with Gasteiger partial charge in [0.1, 0.15) is 39.0 Å². The summed E-state index contributed by atoms with van der Waals surface area (Å²) in [7, 11) is -5.04. The first kappa shape index (κ1) is 47.8. The zero-order valence-electron chi connectivity index (χ0n) is 37.6. The number of hydrogen-bond acceptors (Lipinski definition) is 14. The number of tetrazole rings is 1. The van der Waals surface area contributed by atoms with Gasteiger partial charge in [-0.25, -0.2) is 31.3 Å². The molecule has 19 nitrogen and oxygen atoms in total. The first-order valence-corrected chi connectivity index (χ1v) is 23.8. The highest BCUT2D eigenvalue weighted by molar-refractivity contribution is 7.92. The van der Waals surface area contributed by atoms with Gasteiger partial charge in [-0.3, -0.25) is 5.10 Å². The molecule has 0 unspecified atom stereocenters. The molecule has 0 radical (unpaired) electrons. The number of hydrogen-bond donors (Lipinski definition) is 3. The zero-order chi connectivity index (χ0) is 47.8. The van der Waals surface area contributed by atoms with E-state index in [9.17, 15) is 13.2 Å². The minimum Gasteiger partial charge on any atom is -0.497 e. The first-order valence-electron chi connectivity index (χ1n) is 20.8. The van der Waals surface area contributed by atoms with E-state index < -0.39 is 41.5 Å². The fourth-order valence-corrected chi connectivity index (χ4v) is 10.4. The van der Waals surface area contributed by atoms with Crippen LogP contribution < -0.4 is 24.2 Å². The standard InChI is InChI=1S/C46H50N10O9S2/c1-46(2,3)65-45(57)47-24-25-50-66(58,59)40-23-22-39(34-8-7-9-35(26-34)43-48-30-49-51-43)41(44-52-54-56(53-44)29-33-14-20-38(64-6)21-15-33)42(40)67(60,61)55(27-31-10-16-36(62-4)17-11-31)28-32-12-18-37(63-5)19-13-32/h7-23,26,30,50H,24-25,27-29H2,1-6H3,(H,47,57)(H,48,49,51). The third kappa shape index (κ3) is 11.8. The summed E-state index contributed by atoms with van der Waals surface area (Å²) >= 11 is 0. The Balaban J connectivity index is 1.44. The highest BCUT2D eigenvalue weighted by atomic mass is 32.2. The lowest BCUT2D eigenvalue weighted by Gasteiger charge is -2.26. The molecule has 0 atom stereocenters. The lowest BCUT2D eigenvalue weighted by Crippen LogP contribution is -2.38. The average Bonchev–Trinajstić information content (AvgIpc) is 4.04. The van der Waals surface area contributed by atoms with Crippen LogP contribution in [0.15, 0.2) is 125 Å². The Hall–Kier alpha value is -7.20. The Morgan fingerprint density at radius 3 is 1.88 bits per heavy atom.